The van der Waals surface area contributed by atoms with Crippen LogP contribution in [0.3, 0.4) is 0 Å². The summed E-state index contributed by atoms with van der Waals surface area (Å²) in [6, 6.07) is 50.3. The van der Waals surface area contributed by atoms with Crippen LogP contribution in [-0.2, 0) is 0 Å². The Kier molecular flexibility index (Phi) is 5.29. The van der Waals surface area contributed by atoms with Crippen LogP contribution in [0.5, 0.6) is 0 Å². The van der Waals surface area contributed by atoms with Crippen LogP contribution in [-0.4, -0.2) is 24.1 Å². The lowest BCUT2D eigenvalue weighted by Gasteiger charge is -2.12. The number of furan rings is 1. The highest BCUT2D eigenvalue weighted by Crippen LogP contribution is 2.42. The minimum Gasteiger partial charge on any atom is -0.452 e. The fraction of sp³-hybridized carbons (Fsp3) is 0. The van der Waals surface area contributed by atoms with Crippen molar-refractivity contribution in [2.24, 2.45) is 0 Å². The first-order valence-corrected chi connectivity index (χ1v) is 16.4. The van der Waals surface area contributed by atoms with Gasteiger partial charge in [0.1, 0.15) is 16.8 Å². The molecule has 0 radical (unpaired) electrons. The molecule has 0 saturated carbocycles. The fourth-order valence-corrected chi connectivity index (χ4v) is 7.68. The van der Waals surface area contributed by atoms with Gasteiger partial charge in [-0.15, -0.1) is 0 Å². The molecule has 6 aromatic carbocycles. The van der Waals surface area contributed by atoms with Gasteiger partial charge >= 0.3 is 0 Å². The highest BCUT2D eigenvalue weighted by Gasteiger charge is 2.24. The molecule has 228 valence electrons. The van der Waals surface area contributed by atoms with E-state index in [0.717, 1.165) is 82.6 Å². The van der Waals surface area contributed by atoms with Gasteiger partial charge in [0, 0.05) is 49.8 Å². The summed E-state index contributed by atoms with van der Waals surface area (Å²) < 4.78 is 11.0. The predicted octanol–water partition coefficient (Wildman–Crippen LogP) is 10.8. The lowest BCUT2D eigenvalue weighted by atomic mass is 10.1. The van der Waals surface area contributed by atoms with Crippen LogP contribution in [0.15, 0.2) is 156 Å². The van der Waals surface area contributed by atoms with Gasteiger partial charge < -0.3 is 8.98 Å². The predicted molar refractivity (Wildman–Crippen MR) is 199 cm³/mol. The molecule has 6 nitrogen and oxygen atoms in total. The van der Waals surface area contributed by atoms with Gasteiger partial charge in [0.2, 0.25) is 5.95 Å². The normalized spacial score (nSPS) is 12.1. The van der Waals surface area contributed by atoms with Gasteiger partial charge in [0.25, 0.3) is 0 Å². The molecule has 5 aromatic heterocycles. The number of rotatable bonds is 3. The van der Waals surface area contributed by atoms with Gasteiger partial charge in [0.15, 0.2) is 5.58 Å². The topological polar surface area (TPSA) is 61.7 Å². The van der Waals surface area contributed by atoms with Gasteiger partial charge in [-0.3, -0.25) is 9.55 Å². The average Bonchev–Trinajstić information content (AvgIpc) is 3.83. The van der Waals surface area contributed by atoms with Crippen LogP contribution in [0.1, 0.15) is 0 Å². The molecule has 0 spiro atoms. The van der Waals surface area contributed by atoms with E-state index in [1.54, 1.807) is 0 Å². The van der Waals surface area contributed by atoms with Crippen molar-refractivity contribution in [1.29, 1.82) is 0 Å². The lowest BCUT2D eigenvalue weighted by Crippen LogP contribution is -2.03. The van der Waals surface area contributed by atoms with E-state index in [2.05, 4.69) is 118 Å². The quantitative estimate of drug-likeness (QED) is 0.196. The van der Waals surface area contributed by atoms with Crippen molar-refractivity contribution in [3.05, 3.63) is 152 Å². The van der Waals surface area contributed by atoms with Gasteiger partial charge in [-0.05, 0) is 42.5 Å². The van der Waals surface area contributed by atoms with E-state index in [1.165, 1.54) is 5.39 Å². The molecule has 0 amide bonds. The third kappa shape index (κ3) is 3.62. The molecule has 0 bridgehead atoms. The summed E-state index contributed by atoms with van der Waals surface area (Å²) in [5, 5.41) is 6.52. The number of hydrogen-bond donors (Lipinski definition) is 0. The Morgan fingerprint density at radius 3 is 1.88 bits per heavy atom. The molecule has 0 fully saturated rings. The largest absolute Gasteiger partial charge is 0.452 e. The number of para-hydroxylation sites is 4. The SMILES string of the molecule is c1ccc(-c2nc(-n3c4ccccc4c4ccc5c(ncc6c7ccccc7n(-c7ccccc7)c65)c43)nc3c2oc2ccccc23)cc1. The zero-order chi connectivity index (χ0) is 32.1. The molecule has 6 heteroatoms. The van der Waals surface area contributed by atoms with E-state index in [-0.39, 0.29) is 0 Å². The number of fused-ring (bicyclic) bond motifs is 12. The second-order valence-electron chi connectivity index (χ2n) is 12.4. The summed E-state index contributed by atoms with van der Waals surface area (Å²) in [4.78, 5) is 15.8. The van der Waals surface area contributed by atoms with Crippen molar-refractivity contribution in [3.8, 4) is 22.9 Å². The van der Waals surface area contributed by atoms with E-state index in [1.807, 2.05) is 42.6 Å². The molecule has 11 rings (SSSR count). The maximum Gasteiger partial charge on any atom is 0.236 e. The van der Waals surface area contributed by atoms with E-state index >= 15 is 0 Å². The zero-order valence-corrected chi connectivity index (χ0v) is 26.1. The number of nitrogens with zero attached hydrogens (tertiary/aromatic N) is 5. The maximum atomic E-state index is 6.44. The van der Waals surface area contributed by atoms with E-state index in [4.69, 9.17) is 19.4 Å². The molecule has 0 aliphatic carbocycles. The number of hydrogen-bond acceptors (Lipinski definition) is 4. The summed E-state index contributed by atoms with van der Waals surface area (Å²) in [5.74, 6) is 0.571. The van der Waals surface area contributed by atoms with Crippen LogP contribution in [0.25, 0.3) is 99.5 Å². The van der Waals surface area contributed by atoms with Crippen molar-refractivity contribution < 1.29 is 4.42 Å². The number of benzene rings is 6. The van der Waals surface area contributed by atoms with Crippen molar-refractivity contribution in [3.63, 3.8) is 0 Å². The standard InChI is InChI=1S/C43H25N5O/c1-3-13-26(14-4-1)37-42-39(31-19-9-12-22-36(31)49-42)46-43(45-37)48-35-21-11-7-17-28(35)30-23-24-32-38(41(30)48)44-25-33-29-18-8-10-20-34(29)47(40(32)33)27-15-5-2-6-16-27/h1-25H. The molecule has 0 unspecified atom stereocenters. The van der Waals surface area contributed by atoms with E-state index in [0.29, 0.717) is 11.5 Å². The Morgan fingerprint density at radius 1 is 0.449 bits per heavy atom. The van der Waals surface area contributed by atoms with E-state index in [9.17, 15) is 0 Å². The van der Waals surface area contributed by atoms with Crippen LogP contribution < -0.4 is 0 Å². The Morgan fingerprint density at radius 2 is 1.08 bits per heavy atom. The molecular formula is C43H25N5O. The zero-order valence-electron chi connectivity index (χ0n) is 26.1. The smallest absolute Gasteiger partial charge is 0.236 e. The molecule has 5 heterocycles. The summed E-state index contributed by atoms with van der Waals surface area (Å²) in [6.45, 7) is 0. The molecule has 0 N–H and O–H groups in total. The van der Waals surface area contributed by atoms with Crippen LogP contribution in [0, 0.1) is 0 Å². The first kappa shape index (κ1) is 26.3. The van der Waals surface area contributed by atoms with Crippen molar-refractivity contribution in [1.82, 2.24) is 24.1 Å². The van der Waals surface area contributed by atoms with Gasteiger partial charge in [0.05, 0.1) is 27.6 Å². The second-order valence-corrected chi connectivity index (χ2v) is 12.4. The van der Waals surface area contributed by atoms with Crippen molar-refractivity contribution in [2.75, 3.05) is 0 Å². The molecule has 0 aliphatic rings. The second kappa shape index (κ2) is 9.86. The van der Waals surface area contributed by atoms with Crippen molar-refractivity contribution >= 4 is 76.6 Å². The monoisotopic (exact) mass is 627 g/mol. The van der Waals surface area contributed by atoms with Crippen LogP contribution in [0.4, 0.5) is 0 Å². The van der Waals surface area contributed by atoms with Gasteiger partial charge in [-0.25, -0.2) is 9.97 Å². The molecule has 49 heavy (non-hydrogen) atoms. The Balaban J connectivity index is 1.32. The third-order valence-corrected chi connectivity index (χ3v) is 9.77. The Hall–Kier alpha value is -6.79. The first-order chi connectivity index (χ1) is 24.3. The summed E-state index contributed by atoms with van der Waals surface area (Å²) >= 11 is 0. The van der Waals surface area contributed by atoms with Gasteiger partial charge in [-0.2, -0.15) is 0 Å². The lowest BCUT2D eigenvalue weighted by molar-refractivity contribution is 0.666. The van der Waals surface area contributed by atoms with Crippen LogP contribution in [0.2, 0.25) is 0 Å². The molecule has 0 saturated heterocycles. The first-order valence-electron chi connectivity index (χ1n) is 16.4. The minimum atomic E-state index is 0.571. The fourth-order valence-electron chi connectivity index (χ4n) is 7.68. The summed E-state index contributed by atoms with van der Waals surface area (Å²) in [6.07, 6.45) is 2.03. The molecule has 0 atom stereocenters. The summed E-state index contributed by atoms with van der Waals surface area (Å²) in [5.41, 5.74) is 10.2. The minimum absolute atomic E-state index is 0.571. The molecular weight excluding hydrogens is 603 g/mol. The number of aromatic nitrogens is 5. The molecule has 0 aliphatic heterocycles. The van der Waals surface area contributed by atoms with Gasteiger partial charge in [-0.1, -0.05) is 103 Å². The number of pyridine rings is 1. The highest BCUT2D eigenvalue weighted by molar-refractivity contribution is 6.24. The maximum absolute atomic E-state index is 6.44. The average molecular weight is 628 g/mol. The summed E-state index contributed by atoms with van der Waals surface area (Å²) in [7, 11) is 0. The van der Waals surface area contributed by atoms with Crippen LogP contribution >= 0.6 is 0 Å². The highest BCUT2D eigenvalue weighted by atomic mass is 16.3. The van der Waals surface area contributed by atoms with Crippen molar-refractivity contribution in [2.45, 2.75) is 0 Å². The van der Waals surface area contributed by atoms with E-state index < -0.39 is 0 Å². The molecule has 11 aromatic rings. The Labute approximate surface area is 279 Å². The third-order valence-electron chi connectivity index (χ3n) is 9.77. The Bertz CT molecular complexity index is 3100.